The Morgan fingerprint density at radius 1 is 0.478 bits per heavy atom. The molecule has 0 N–H and O–H groups in total. The summed E-state index contributed by atoms with van der Waals surface area (Å²) in [6.07, 6.45) is 0.957. The predicted octanol–water partition coefficient (Wildman–Crippen LogP) is 7.88. The summed E-state index contributed by atoms with van der Waals surface area (Å²) in [5.74, 6) is 0. The maximum atomic E-state index is 2.62. The van der Waals surface area contributed by atoms with Crippen LogP contribution in [-0.2, 0) is 11.8 Å². The van der Waals surface area contributed by atoms with Gasteiger partial charge in [0.2, 0.25) is 6.71 Å². The van der Waals surface area contributed by atoms with Crippen molar-refractivity contribution in [1.29, 1.82) is 0 Å². The molecule has 0 unspecified atom stereocenters. The highest BCUT2D eigenvalue weighted by Gasteiger charge is 2.53. The fraction of sp³-hybridized carbons (Fsp3) is 0.0455. The van der Waals surface area contributed by atoms with E-state index in [4.69, 9.17) is 0 Å². The van der Waals surface area contributed by atoms with Crippen LogP contribution in [0.3, 0.4) is 0 Å². The van der Waals surface area contributed by atoms with Gasteiger partial charge in [-0.15, -0.1) is 0 Å². The molecule has 1 aromatic heterocycles. The molecule has 0 amide bonds. The summed E-state index contributed by atoms with van der Waals surface area (Å²) in [4.78, 5) is 0. The van der Waals surface area contributed by atoms with Gasteiger partial charge in [-0.05, 0) is 80.1 Å². The molecule has 3 aliphatic heterocycles. The molecule has 1 nitrogen and oxygen atoms in total. The minimum Gasteiger partial charge on any atom is -0.310 e. The number of para-hydroxylation sites is 1. The van der Waals surface area contributed by atoms with Gasteiger partial charge in [0.05, 0.1) is 10.9 Å². The zero-order valence-electron chi connectivity index (χ0n) is 25.2. The normalized spacial score (nSPS) is 14.6. The van der Waals surface area contributed by atoms with E-state index in [-0.39, 0.29) is 6.71 Å². The Labute approximate surface area is 268 Å². The summed E-state index contributed by atoms with van der Waals surface area (Å²) in [5.41, 5.74) is 18.8. The lowest BCUT2D eigenvalue weighted by molar-refractivity contribution is 0.748. The van der Waals surface area contributed by atoms with Gasteiger partial charge in [-0.1, -0.05) is 145 Å². The Kier molecular flexibility index (Phi) is 4.71. The molecule has 0 radical (unpaired) electrons. The zero-order valence-corrected chi connectivity index (χ0v) is 25.2. The van der Waals surface area contributed by atoms with E-state index < -0.39 is 5.41 Å². The average molecular weight is 582 g/mol. The second-order valence-corrected chi connectivity index (χ2v) is 13.2. The number of fused-ring (bicyclic) bond motifs is 4. The highest BCUT2D eigenvalue weighted by atomic mass is 15.0. The Balaban J connectivity index is 1.43. The van der Waals surface area contributed by atoms with Gasteiger partial charge in [-0.2, -0.15) is 0 Å². The van der Waals surface area contributed by atoms with Gasteiger partial charge in [-0.3, -0.25) is 0 Å². The number of rotatable bonds is 3. The Morgan fingerprint density at radius 3 is 1.91 bits per heavy atom. The molecule has 46 heavy (non-hydrogen) atoms. The highest BCUT2D eigenvalue weighted by Crippen LogP contribution is 2.50. The molecule has 0 saturated heterocycles. The van der Waals surface area contributed by atoms with Crippen molar-refractivity contribution in [2.75, 3.05) is 0 Å². The predicted molar refractivity (Wildman–Crippen MR) is 192 cm³/mol. The number of benzene rings is 7. The number of nitrogens with zero attached hydrogens (tertiary/aromatic N) is 1. The molecular formula is C44H28BN. The summed E-state index contributed by atoms with van der Waals surface area (Å²) in [6.45, 7) is 0.186. The quantitative estimate of drug-likeness (QED) is 0.187. The van der Waals surface area contributed by atoms with Crippen LogP contribution in [0.5, 0.6) is 0 Å². The third-order valence-corrected chi connectivity index (χ3v) is 11.1. The van der Waals surface area contributed by atoms with Crippen LogP contribution in [0, 0.1) is 0 Å². The van der Waals surface area contributed by atoms with Crippen molar-refractivity contribution < 1.29 is 0 Å². The van der Waals surface area contributed by atoms with E-state index in [1.165, 1.54) is 88.4 Å². The summed E-state index contributed by atoms with van der Waals surface area (Å²) < 4.78 is 2.62. The Morgan fingerprint density at radius 2 is 1.15 bits per heavy atom. The fourth-order valence-electron chi connectivity index (χ4n) is 9.47. The standard InChI is InChI=1S/C44H28BN/c1-4-13-28(14-5-1)31-26-37-42-39(27-31)46-38-22-11-10-20-34(38)35-24-23-30-25-29-15-12-21-36(40(29)45(42)41(30)43(35)46)44(37,32-16-6-2-7-17-32)33-18-8-3-9-19-33/h1-24,26-27H,25H2. The number of hydrogen-bond acceptors (Lipinski definition) is 0. The molecule has 0 aliphatic carbocycles. The molecule has 212 valence electrons. The highest BCUT2D eigenvalue weighted by molar-refractivity contribution is 7.00. The lowest BCUT2D eigenvalue weighted by Gasteiger charge is -2.48. The van der Waals surface area contributed by atoms with E-state index in [0.29, 0.717) is 0 Å². The van der Waals surface area contributed by atoms with Crippen molar-refractivity contribution in [1.82, 2.24) is 4.57 Å². The van der Waals surface area contributed by atoms with Gasteiger partial charge in [-0.25, -0.2) is 0 Å². The molecule has 8 aromatic rings. The molecule has 0 bridgehead atoms. The molecule has 0 fully saturated rings. The van der Waals surface area contributed by atoms with Crippen molar-refractivity contribution >= 4 is 44.9 Å². The molecule has 2 heteroatoms. The molecule has 4 heterocycles. The van der Waals surface area contributed by atoms with E-state index in [1.54, 1.807) is 0 Å². The van der Waals surface area contributed by atoms with Gasteiger partial charge in [0, 0.05) is 22.0 Å². The van der Waals surface area contributed by atoms with Crippen LogP contribution in [0.15, 0.2) is 158 Å². The molecule has 7 aromatic carbocycles. The Bertz CT molecular complexity index is 2500. The lowest BCUT2D eigenvalue weighted by atomic mass is 9.27. The van der Waals surface area contributed by atoms with Gasteiger partial charge in [0.15, 0.2) is 0 Å². The minimum atomic E-state index is -0.481. The summed E-state index contributed by atoms with van der Waals surface area (Å²) >= 11 is 0. The molecule has 3 aliphatic rings. The van der Waals surface area contributed by atoms with Crippen molar-refractivity contribution in [3.8, 4) is 16.8 Å². The smallest absolute Gasteiger partial charge is 0.248 e. The first kappa shape index (κ1) is 24.7. The fourth-order valence-corrected chi connectivity index (χ4v) is 9.47. The van der Waals surface area contributed by atoms with E-state index in [9.17, 15) is 0 Å². The summed E-state index contributed by atoms with van der Waals surface area (Å²) in [5, 5.41) is 2.69. The van der Waals surface area contributed by atoms with Gasteiger partial charge >= 0.3 is 0 Å². The van der Waals surface area contributed by atoms with E-state index >= 15 is 0 Å². The average Bonchev–Trinajstić information content (AvgIpc) is 3.47. The first-order valence-corrected chi connectivity index (χ1v) is 16.4. The molecule has 0 atom stereocenters. The van der Waals surface area contributed by atoms with Crippen LogP contribution in [0.4, 0.5) is 0 Å². The molecule has 0 spiro atoms. The van der Waals surface area contributed by atoms with E-state index in [0.717, 1.165) is 6.42 Å². The zero-order chi connectivity index (χ0) is 30.0. The monoisotopic (exact) mass is 581 g/mol. The Hall–Kier alpha value is -5.60. The molecular weight excluding hydrogens is 553 g/mol. The van der Waals surface area contributed by atoms with Gasteiger partial charge in [0.25, 0.3) is 0 Å². The van der Waals surface area contributed by atoms with Crippen LogP contribution >= 0.6 is 0 Å². The largest absolute Gasteiger partial charge is 0.310 e. The van der Waals surface area contributed by atoms with Gasteiger partial charge in [0.1, 0.15) is 0 Å². The van der Waals surface area contributed by atoms with Crippen molar-refractivity contribution in [2.45, 2.75) is 11.8 Å². The first-order valence-electron chi connectivity index (χ1n) is 16.4. The number of hydrogen-bond donors (Lipinski definition) is 0. The summed E-state index contributed by atoms with van der Waals surface area (Å²) in [6, 6.07) is 59.5. The van der Waals surface area contributed by atoms with Crippen LogP contribution in [0.2, 0.25) is 0 Å². The SMILES string of the molecule is c1ccc(-c2cc3c4c(c2)C(c2ccccc2)(c2ccccc2)c2cccc5c2B4c2c(ccc4c6ccccc6n-3c24)C5)cc1. The van der Waals surface area contributed by atoms with E-state index in [1.807, 2.05) is 0 Å². The first-order chi connectivity index (χ1) is 22.8. The molecule has 0 saturated carbocycles. The van der Waals surface area contributed by atoms with Crippen molar-refractivity contribution in [2.24, 2.45) is 0 Å². The topological polar surface area (TPSA) is 4.93 Å². The van der Waals surface area contributed by atoms with Crippen molar-refractivity contribution in [3.05, 3.63) is 191 Å². The van der Waals surface area contributed by atoms with Crippen LogP contribution in [0.25, 0.3) is 38.6 Å². The van der Waals surface area contributed by atoms with E-state index in [2.05, 4.69) is 162 Å². The van der Waals surface area contributed by atoms with Gasteiger partial charge < -0.3 is 4.57 Å². The van der Waals surface area contributed by atoms with Crippen molar-refractivity contribution in [3.63, 3.8) is 0 Å². The maximum Gasteiger partial charge on any atom is 0.248 e. The molecule has 11 rings (SSSR count). The number of aromatic nitrogens is 1. The summed E-state index contributed by atoms with van der Waals surface area (Å²) in [7, 11) is 0. The minimum absolute atomic E-state index is 0.186. The third-order valence-electron chi connectivity index (χ3n) is 11.1. The lowest BCUT2D eigenvalue weighted by Crippen LogP contribution is -2.67. The second kappa shape index (κ2) is 8.77. The van der Waals surface area contributed by atoms with Crippen LogP contribution < -0.4 is 16.4 Å². The maximum absolute atomic E-state index is 2.62. The third kappa shape index (κ3) is 2.89. The second-order valence-electron chi connectivity index (χ2n) is 13.2. The van der Waals surface area contributed by atoms with Crippen LogP contribution in [0.1, 0.15) is 33.4 Å². The van der Waals surface area contributed by atoms with Crippen LogP contribution in [-0.4, -0.2) is 11.3 Å².